The van der Waals surface area contributed by atoms with Gasteiger partial charge in [0.2, 0.25) is 5.88 Å². The molecule has 8 nitrogen and oxygen atoms in total. The van der Waals surface area contributed by atoms with Crippen molar-refractivity contribution in [1.29, 1.82) is 0 Å². The summed E-state index contributed by atoms with van der Waals surface area (Å²) >= 11 is 17.8. The van der Waals surface area contributed by atoms with Gasteiger partial charge in [0.25, 0.3) is 11.8 Å². The van der Waals surface area contributed by atoms with Crippen molar-refractivity contribution < 1.29 is 14.3 Å². The molecule has 1 fully saturated rings. The first-order chi connectivity index (χ1) is 17.0. The molecule has 2 amide bonds. The number of ether oxygens (including phenoxy) is 1. The van der Waals surface area contributed by atoms with Crippen molar-refractivity contribution in [3.63, 3.8) is 0 Å². The van der Waals surface area contributed by atoms with Crippen molar-refractivity contribution in [2.75, 3.05) is 23.4 Å². The van der Waals surface area contributed by atoms with Crippen molar-refractivity contribution in [2.24, 2.45) is 5.41 Å². The lowest BCUT2D eigenvalue weighted by atomic mass is 9.97. The number of hydrogen-bond acceptors (Lipinski definition) is 6. The fraction of sp³-hybridized carbons (Fsp3) is 0.333. The first-order valence-electron chi connectivity index (χ1n) is 11.1. The predicted molar refractivity (Wildman–Crippen MR) is 147 cm³/mol. The highest BCUT2D eigenvalue weighted by molar-refractivity contribution is 9.10. The first kappa shape index (κ1) is 26.8. The summed E-state index contributed by atoms with van der Waals surface area (Å²) in [5.41, 5.74) is 0.504. The number of halogens is 3. The summed E-state index contributed by atoms with van der Waals surface area (Å²) in [5.74, 6) is 1.37. The van der Waals surface area contributed by atoms with E-state index in [4.69, 9.17) is 27.9 Å². The Balaban J connectivity index is 1.69. The van der Waals surface area contributed by atoms with E-state index in [0.29, 0.717) is 21.1 Å². The van der Waals surface area contributed by atoms with Crippen molar-refractivity contribution in [2.45, 2.75) is 26.9 Å². The van der Waals surface area contributed by atoms with Gasteiger partial charge in [-0.1, -0.05) is 44.0 Å². The van der Waals surface area contributed by atoms with E-state index in [2.05, 4.69) is 36.6 Å². The highest BCUT2D eigenvalue weighted by atomic mass is 79.9. The van der Waals surface area contributed by atoms with Crippen molar-refractivity contribution >= 4 is 68.4 Å². The number of nitrogens with zero attached hydrogens (tertiary/aromatic N) is 3. The topological polar surface area (TPSA) is 98.1 Å². The second-order valence-electron chi connectivity index (χ2n) is 9.37. The Hall–Kier alpha value is -2.27. The van der Waals surface area contributed by atoms with E-state index < -0.39 is 5.91 Å². The Morgan fingerprint density at radius 1 is 1.22 bits per heavy atom. The van der Waals surface area contributed by atoms with Gasteiger partial charge in [-0.3, -0.25) is 9.59 Å². The zero-order valence-electron chi connectivity index (χ0n) is 19.8. The molecule has 0 radical (unpaired) electrons. The van der Waals surface area contributed by atoms with E-state index in [1.54, 1.807) is 36.2 Å². The summed E-state index contributed by atoms with van der Waals surface area (Å²) in [6.45, 7) is 6.47. The average Bonchev–Trinajstić information content (AvgIpc) is 3.20. The summed E-state index contributed by atoms with van der Waals surface area (Å²) in [7, 11) is 0. The van der Waals surface area contributed by atoms with Gasteiger partial charge in [0.1, 0.15) is 11.8 Å². The second kappa shape index (κ2) is 11.0. The van der Waals surface area contributed by atoms with Crippen LogP contribution in [0.5, 0.6) is 5.88 Å². The molecule has 190 valence electrons. The molecule has 3 aromatic rings. The maximum Gasteiger partial charge on any atom is 0.274 e. The zero-order chi connectivity index (χ0) is 26.0. The van der Waals surface area contributed by atoms with Crippen LogP contribution < -0.4 is 15.4 Å². The normalized spacial score (nSPS) is 13.7. The quantitative estimate of drug-likeness (QED) is 0.347. The molecule has 0 unspecified atom stereocenters. The van der Waals surface area contributed by atoms with Crippen LogP contribution in [0.15, 0.2) is 41.0 Å². The van der Waals surface area contributed by atoms with Crippen molar-refractivity contribution in [3.8, 4) is 11.7 Å². The van der Waals surface area contributed by atoms with E-state index in [-0.39, 0.29) is 46.1 Å². The minimum Gasteiger partial charge on any atom is -0.472 e. The minimum absolute atomic E-state index is 0.0250. The maximum absolute atomic E-state index is 13.5. The number of carbonyl (C=O) groups is 2. The monoisotopic (exact) mass is 611 g/mol. The molecular weight excluding hydrogens is 589 g/mol. The highest BCUT2D eigenvalue weighted by Crippen LogP contribution is 2.32. The van der Waals surface area contributed by atoms with Gasteiger partial charge in [0.15, 0.2) is 5.82 Å². The molecule has 0 atom stereocenters. The van der Waals surface area contributed by atoms with Gasteiger partial charge in [-0.2, -0.15) is 11.8 Å². The van der Waals surface area contributed by atoms with Crippen LogP contribution in [0, 0.1) is 5.41 Å². The molecule has 1 saturated heterocycles. The molecule has 12 heteroatoms. The number of benzene rings is 1. The van der Waals surface area contributed by atoms with Gasteiger partial charge >= 0.3 is 0 Å². The third kappa shape index (κ3) is 6.34. The predicted octanol–water partition coefficient (Wildman–Crippen LogP) is 5.86. The molecule has 0 bridgehead atoms. The summed E-state index contributed by atoms with van der Waals surface area (Å²) in [5, 5.41) is 10.8. The van der Waals surface area contributed by atoms with E-state index in [9.17, 15) is 9.59 Å². The van der Waals surface area contributed by atoms with E-state index in [0.717, 1.165) is 11.5 Å². The molecule has 4 rings (SSSR count). The van der Waals surface area contributed by atoms with Crippen LogP contribution >= 0.6 is 50.9 Å². The van der Waals surface area contributed by atoms with Crippen LogP contribution in [0.2, 0.25) is 10.0 Å². The van der Waals surface area contributed by atoms with Gasteiger partial charge in [-0.25, -0.2) is 9.67 Å². The molecular formula is C24H24BrCl2N5O3S. The number of nitrogens with one attached hydrogen (secondary N) is 2. The van der Waals surface area contributed by atoms with Crippen LogP contribution in [0.1, 0.15) is 41.6 Å². The number of hydrogen-bond donors (Lipinski definition) is 2. The first-order valence-corrected chi connectivity index (χ1v) is 13.8. The Kier molecular flexibility index (Phi) is 8.18. The number of carbonyl (C=O) groups excluding carboxylic acids is 2. The van der Waals surface area contributed by atoms with E-state index in [1.807, 2.05) is 20.8 Å². The Morgan fingerprint density at radius 2 is 1.97 bits per heavy atom. The van der Waals surface area contributed by atoms with Gasteiger partial charge < -0.3 is 15.4 Å². The summed E-state index contributed by atoms with van der Waals surface area (Å²) in [6.07, 6.45) is 1.58. The standard InChI is InChI=1S/C24H24BrCl2N5O3S/c1-24(2,3)12-29-22(33)15-7-13(26)8-16(25)20(15)30-23(34)18-9-19(35-14-10-36-11-14)31-32(18)21-17(27)5-4-6-28-21/h4-9,14H,10-12H2,1-3H3,(H,29,33)(H,30,34). The third-order valence-corrected chi connectivity index (χ3v) is 7.43. The molecule has 1 aliphatic heterocycles. The Morgan fingerprint density at radius 3 is 2.61 bits per heavy atom. The average molecular weight is 613 g/mol. The van der Waals surface area contributed by atoms with Gasteiger partial charge in [0, 0.05) is 39.8 Å². The fourth-order valence-electron chi connectivity index (χ4n) is 3.22. The smallest absolute Gasteiger partial charge is 0.274 e. The molecule has 2 N–H and O–H groups in total. The van der Waals surface area contributed by atoms with Crippen LogP contribution in [0.25, 0.3) is 5.82 Å². The van der Waals surface area contributed by atoms with Gasteiger partial charge in [-0.05, 0) is 45.6 Å². The molecule has 1 aromatic carbocycles. The maximum atomic E-state index is 13.5. The number of anilines is 1. The minimum atomic E-state index is -0.532. The number of rotatable bonds is 7. The molecule has 2 aromatic heterocycles. The third-order valence-electron chi connectivity index (χ3n) is 5.07. The van der Waals surface area contributed by atoms with Crippen LogP contribution in [-0.2, 0) is 0 Å². The van der Waals surface area contributed by atoms with Crippen molar-refractivity contribution in [1.82, 2.24) is 20.1 Å². The second-order valence-corrected chi connectivity index (χ2v) is 12.1. The molecule has 0 saturated carbocycles. The summed E-state index contributed by atoms with van der Waals surface area (Å²) < 4.78 is 7.69. The van der Waals surface area contributed by atoms with E-state index >= 15 is 0 Å². The van der Waals surface area contributed by atoms with Crippen LogP contribution in [0.3, 0.4) is 0 Å². The number of pyridine rings is 1. The highest BCUT2D eigenvalue weighted by Gasteiger charge is 2.26. The van der Waals surface area contributed by atoms with Gasteiger partial charge in [-0.15, -0.1) is 5.10 Å². The zero-order valence-corrected chi connectivity index (χ0v) is 23.7. The Bertz CT molecular complexity index is 1310. The largest absolute Gasteiger partial charge is 0.472 e. The lowest BCUT2D eigenvalue weighted by Gasteiger charge is -2.24. The van der Waals surface area contributed by atoms with Crippen LogP contribution in [-0.4, -0.2) is 50.7 Å². The van der Waals surface area contributed by atoms with Crippen LogP contribution in [0.4, 0.5) is 5.69 Å². The molecule has 1 aliphatic rings. The number of amides is 2. The molecule has 3 heterocycles. The lowest BCUT2D eigenvalue weighted by molar-refractivity contribution is 0.0940. The molecule has 36 heavy (non-hydrogen) atoms. The van der Waals surface area contributed by atoms with Gasteiger partial charge in [0.05, 0.1) is 16.3 Å². The molecule has 0 aliphatic carbocycles. The summed E-state index contributed by atoms with van der Waals surface area (Å²) in [6, 6.07) is 7.99. The number of aromatic nitrogens is 3. The molecule has 0 spiro atoms. The SMILES string of the molecule is CC(C)(C)CNC(=O)c1cc(Cl)cc(Br)c1NC(=O)c1cc(OC2CSC2)nn1-c1ncccc1Cl. The lowest BCUT2D eigenvalue weighted by Crippen LogP contribution is -2.33. The number of thioether (sulfide) groups is 1. The summed E-state index contributed by atoms with van der Waals surface area (Å²) in [4.78, 5) is 30.9. The van der Waals surface area contributed by atoms with E-state index in [1.165, 1.54) is 16.8 Å². The van der Waals surface area contributed by atoms with Crippen molar-refractivity contribution in [3.05, 3.63) is 62.3 Å². The Labute approximate surface area is 231 Å². The fourth-order valence-corrected chi connectivity index (χ4v) is 4.90.